The molecule has 2 amide bonds. The first-order valence-corrected chi connectivity index (χ1v) is 11.7. The van der Waals surface area contributed by atoms with E-state index in [4.69, 9.17) is 0 Å². The summed E-state index contributed by atoms with van der Waals surface area (Å²) < 4.78 is 0. The summed E-state index contributed by atoms with van der Waals surface area (Å²) in [6.45, 7) is 6.72. The summed E-state index contributed by atoms with van der Waals surface area (Å²) in [6, 6.07) is 15.2. The van der Waals surface area contributed by atoms with E-state index in [2.05, 4.69) is 17.7 Å². The second kappa shape index (κ2) is 10.1. The monoisotopic (exact) mass is 438 g/mol. The molecule has 0 spiro atoms. The van der Waals surface area contributed by atoms with Crippen LogP contribution in [0.15, 0.2) is 58.3 Å². The number of likely N-dealkylation sites (N-methyl/N-ethyl adjacent to an activating group) is 1. The minimum Gasteiger partial charge on any atom is -0.352 e. The van der Waals surface area contributed by atoms with Gasteiger partial charge in [-0.05, 0) is 35.9 Å². The van der Waals surface area contributed by atoms with E-state index in [1.165, 1.54) is 37.9 Å². The molecule has 162 valence electrons. The van der Waals surface area contributed by atoms with Gasteiger partial charge in [-0.15, -0.1) is 0 Å². The average molecular weight is 439 g/mol. The van der Waals surface area contributed by atoms with E-state index in [0.717, 1.165) is 29.1 Å². The maximum absolute atomic E-state index is 12.4. The predicted molar refractivity (Wildman–Crippen MR) is 124 cm³/mol. The minimum atomic E-state index is -0.102. The number of quaternary nitrogens is 2. The molecule has 2 aliphatic rings. The third-order valence-electron chi connectivity index (χ3n) is 5.85. The van der Waals surface area contributed by atoms with E-state index in [0.29, 0.717) is 17.0 Å². The second-order valence-electron chi connectivity index (χ2n) is 8.25. The quantitative estimate of drug-likeness (QED) is 0.388. The molecule has 0 bridgehead atoms. The topological polar surface area (TPSA) is 67.1 Å². The zero-order chi connectivity index (χ0) is 21.6. The van der Waals surface area contributed by atoms with Gasteiger partial charge in [0, 0.05) is 23.4 Å². The van der Waals surface area contributed by atoms with Crippen LogP contribution in [-0.2, 0) is 4.79 Å². The van der Waals surface area contributed by atoms with E-state index in [1.807, 2.05) is 54.6 Å². The van der Waals surface area contributed by atoms with Crippen LogP contribution in [-0.4, -0.2) is 58.1 Å². The van der Waals surface area contributed by atoms with Gasteiger partial charge in [-0.25, -0.2) is 0 Å². The van der Waals surface area contributed by atoms with Gasteiger partial charge in [-0.1, -0.05) is 36.0 Å². The maximum atomic E-state index is 12.4. The van der Waals surface area contributed by atoms with Gasteiger partial charge in [0.25, 0.3) is 11.8 Å². The van der Waals surface area contributed by atoms with Crippen LogP contribution in [0.5, 0.6) is 0 Å². The first kappa shape index (κ1) is 21.6. The van der Waals surface area contributed by atoms with Crippen LogP contribution in [0.1, 0.15) is 22.3 Å². The number of piperazine rings is 1. The number of carbonyl (C=O) groups excluding carboxylic acids is 2. The average Bonchev–Trinajstić information content (AvgIpc) is 2.79. The summed E-state index contributed by atoms with van der Waals surface area (Å²) in [4.78, 5) is 29.7. The Bertz CT molecular complexity index is 966. The van der Waals surface area contributed by atoms with Crippen LogP contribution in [0.3, 0.4) is 0 Å². The Morgan fingerprint density at radius 1 is 1.10 bits per heavy atom. The smallest absolute Gasteiger partial charge is 0.262 e. The fraction of sp³-hybridized carbons (Fsp3) is 0.333. The molecule has 2 heterocycles. The highest BCUT2D eigenvalue weighted by Gasteiger charge is 2.21. The highest BCUT2D eigenvalue weighted by molar-refractivity contribution is 8.04. The van der Waals surface area contributed by atoms with Crippen LogP contribution in [0.25, 0.3) is 6.08 Å². The van der Waals surface area contributed by atoms with E-state index in [1.54, 1.807) is 9.80 Å². The Kier molecular flexibility index (Phi) is 7.06. The fourth-order valence-corrected chi connectivity index (χ4v) is 4.86. The number of para-hydroxylation sites is 1. The Hall–Kier alpha value is -2.61. The van der Waals surface area contributed by atoms with E-state index < -0.39 is 0 Å². The lowest BCUT2D eigenvalue weighted by Gasteiger charge is -2.27. The van der Waals surface area contributed by atoms with Crippen LogP contribution in [0.2, 0.25) is 0 Å². The summed E-state index contributed by atoms with van der Waals surface area (Å²) >= 11 is 1.46. The molecule has 0 atom stereocenters. The van der Waals surface area contributed by atoms with Crippen LogP contribution in [0, 0.1) is 0 Å². The Morgan fingerprint density at radius 2 is 1.84 bits per heavy atom. The number of hydrogen-bond acceptors (Lipinski definition) is 3. The van der Waals surface area contributed by atoms with E-state index in [-0.39, 0.29) is 11.8 Å². The lowest BCUT2D eigenvalue weighted by atomic mass is 10.1. The van der Waals surface area contributed by atoms with Gasteiger partial charge < -0.3 is 20.4 Å². The predicted octanol–water partition coefficient (Wildman–Crippen LogP) is 0.305. The molecule has 4 N–H and O–H groups in total. The number of carbonyl (C=O) groups is 2. The number of thioether (sulfide) groups is 1. The maximum Gasteiger partial charge on any atom is 0.262 e. The number of nitrogens with one attached hydrogen (secondary N) is 4. The highest BCUT2D eigenvalue weighted by Crippen LogP contribution is 2.38. The lowest BCUT2D eigenvalue weighted by molar-refractivity contribution is -1.00. The van der Waals surface area contributed by atoms with Crippen molar-refractivity contribution in [2.45, 2.75) is 11.3 Å². The van der Waals surface area contributed by atoms with Gasteiger partial charge in [0.2, 0.25) is 0 Å². The Balaban J connectivity index is 1.27. The highest BCUT2D eigenvalue weighted by atomic mass is 32.2. The molecule has 7 heteroatoms. The minimum absolute atomic E-state index is 0.0456. The van der Waals surface area contributed by atoms with Crippen molar-refractivity contribution in [2.24, 2.45) is 0 Å². The molecule has 0 unspecified atom stereocenters. The van der Waals surface area contributed by atoms with Crippen molar-refractivity contribution in [3.8, 4) is 0 Å². The largest absolute Gasteiger partial charge is 0.352 e. The number of rotatable bonds is 6. The van der Waals surface area contributed by atoms with Crippen LogP contribution < -0.4 is 20.4 Å². The summed E-state index contributed by atoms with van der Waals surface area (Å²) in [7, 11) is 2.25. The van der Waals surface area contributed by atoms with Gasteiger partial charge in [0.1, 0.15) is 26.2 Å². The molecule has 2 aromatic rings. The van der Waals surface area contributed by atoms with Gasteiger partial charge >= 0.3 is 0 Å². The summed E-state index contributed by atoms with van der Waals surface area (Å²) in [5.41, 5.74) is 2.38. The first-order chi connectivity index (χ1) is 15.1. The van der Waals surface area contributed by atoms with Crippen LogP contribution in [0.4, 0.5) is 5.69 Å². The number of benzene rings is 2. The molecule has 0 radical (unpaired) electrons. The molecule has 31 heavy (non-hydrogen) atoms. The van der Waals surface area contributed by atoms with Crippen molar-refractivity contribution >= 4 is 35.3 Å². The molecule has 0 saturated carbocycles. The first-order valence-electron chi connectivity index (χ1n) is 10.9. The third kappa shape index (κ3) is 5.76. The molecule has 6 nitrogen and oxygen atoms in total. The third-order valence-corrected chi connectivity index (χ3v) is 6.95. The zero-order valence-electron chi connectivity index (χ0n) is 17.9. The zero-order valence-corrected chi connectivity index (χ0v) is 18.7. The molecule has 0 aliphatic carbocycles. The molecule has 1 fully saturated rings. The number of hydrogen-bond donors (Lipinski definition) is 4. The van der Waals surface area contributed by atoms with Crippen molar-refractivity contribution in [3.63, 3.8) is 0 Å². The summed E-state index contributed by atoms with van der Waals surface area (Å²) in [5, 5.41) is 5.94. The van der Waals surface area contributed by atoms with Gasteiger partial charge in [-0.3, -0.25) is 9.59 Å². The molecular formula is C24H30N4O2S+2. The SMILES string of the molecule is C[NH+]1CC[NH+](CCCNC(=O)c2ccc(C=C3Sc4ccccc4NC3=O)cc2)CC1. The molecular weight excluding hydrogens is 408 g/mol. The summed E-state index contributed by atoms with van der Waals surface area (Å²) in [5.74, 6) is -0.148. The standard InChI is InChI=1S/C24H28N4O2S/c1-27-13-15-28(16-14-27)12-4-11-25-23(29)19-9-7-18(8-10-19)17-22-24(30)26-20-5-2-3-6-21(20)31-22/h2-3,5-10,17H,4,11-16H2,1H3,(H,25,29)(H,26,30)/p+2. The molecule has 4 rings (SSSR count). The lowest BCUT2D eigenvalue weighted by Crippen LogP contribution is -3.27. The molecule has 1 saturated heterocycles. The molecule has 0 aromatic heterocycles. The molecule has 2 aromatic carbocycles. The number of amides is 2. The number of anilines is 1. The normalized spacial score (nSPS) is 22.0. The number of fused-ring (bicyclic) bond motifs is 1. The van der Waals surface area contributed by atoms with E-state index >= 15 is 0 Å². The van der Waals surface area contributed by atoms with Gasteiger partial charge in [0.05, 0.1) is 24.2 Å². The van der Waals surface area contributed by atoms with Crippen molar-refractivity contribution in [1.82, 2.24) is 5.32 Å². The Morgan fingerprint density at radius 3 is 2.61 bits per heavy atom. The fourth-order valence-electron chi connectivity index (χ4n) is 3.91. The van der Waals surface area contributed by atoms with Gasteiger partial charge in [0.15, 0.2) is 0 Å². The van der Waals surface area contributed by atoms with Crippen molar-refractivity contribution < 1.29 is 19.4 Å². The Labute approximate surface area is 187 Å². The summed E-state index contributed by atoms with van der Waals surface area (Å²) in [6.07, 6.45) is 2.86. The second-order valence-corrected chi connectivity index (χ2v) is 9.33. The van der Waals surface area contributed by atoms with Gasteiger partial charge in [-0.2, -0.15) is 0 Å². The van der Waals surface area contributed by atoms with Crippen molar-refractivity contribution in [2.75, 3.05) is 51.6 Å². The van der Waals surface area contributed by atoms with Crippen LogP contribution >= 0.6 is 11.8 Å². The van der Waals surface area contributed by atoms with E-state index in [9.17, 15) is 9.59 Å². The van der Waals surface area contributed by atoms with Crippen molar-refractivity contribution in [1.29, 1.82) is 0 Å². The molecule has 2 aliphatic heterocycles. The van der Waals surface area contributed by atoms with Crippen molar-refractivity contribution in [3.05, 3.63) is 64.6 Å².